The molecule has 1 heterocycles. The van der Waals surface area contributed by atoms with Gasteiger partial charge in [-0.3, -0.25) is 9.59 Å². The topological polar surface area (TPSA) is 76.0 Å². The van der Waals surface area contributed by atoms with E-state index >= 15 is 0 Å². The molecule has 0 unspecified atom stereocenters. The van der Waals surface area contributed by atoms with Crippen molar-refractivity contribution in [3.63, 3.8) is 0 Å². The van der Waals surface area contributed by atoms with Crippen LogP contribution >= 0.6 is 0 Å². The van der Waals surface area contributed by atoms with E-state index in [0.717, 1.165) is 5.69 Å². The molecule has 0 saturated heterocycles. The van der Waals surface area contributed by atoms with E-state index in [-0.39, 0.29) is 11.9 Å². The highest BCUT2D eigenvalue weighted by Gasteiger charge is 2.10. The first kappa shape index (κ1) is 13.8. The van der Waals surface area contributed by atoms with Crippen LogP contribution in [0, 0.1) is 0 Å². The predicted octanol–water partition coefficient (Wildman–Crippen LogP) is 1.58. The maximum atomic E-state index is 11.8. The van der Waals surface area contributed by atoms with Crippen molar-refractivity contribution >= 4 is 18.0 Å². The van der Waals surface area contributed by atoms with Gasteiger partial charge in [-0.15, -0.1) is 0 Å². The van der Waals surface area contributed by atoms with Gasteiger partial charge in [0, 0.05) is 17.9 Å². The SMILES string of the molecule is CC(C)NC(=O)c1ccn(-c2ccc(NC=O)cc2)n1. The lowest BCUT2D eigenvalue weighted by molar-refractivity contribution is -0.105. The fourth-order valence-electron chi connectivity index (χ4n) is 1.70. The summed E-state index contributed by atoms with van der Waals surface area (Å²) < 4.78 is 1.61. The molecule has 0 aliphatic carbocycles. The van der Waals surface area contributed by atoms with Crippen molar-refractivity contribution < 1.29 is 9.59 Å². The average molecular weight is 272 g/mol. The maximum absolute atomic E-state index is 11.8. The molecule has 6 heteroatoms. The van der Waals surface area contributed by atoms with Gasteiger partial charge < -0.3 is 10.6 Å². The monoisotopic (exact) mass is 272 g/mol. The van der Waals surface area contributed by atoms with Crippen LogP contribution in [-0.2, 0) is 4.79 Å². The van der Waals surface area contributed by atoms with Crippen LogP contribution in [0.2, 0.25) is 0 Å². The van der Waals surface area contributed by atoms with Gasteiger partial charge in [-0.05, 0) is 44.2 Å². The zero-order valence-electron chi connectivity index (χ0n) is 11.3. The van der Waals surface area contributed by atoms with Crippen LogP contribution in [0.1, 0.15) is 24.3 Å². The Morgan fingerprint density at radius 3 is 2.55 bits per heavy atom. The van der Waals surface area contributed by atoms with Crippen molar-refractivity contribution in [3.05, 3.63) is 42.2 Å². The second-order valence-corrected chi connectivity index (χ2v) is 4.58. The Morgan fingerprint density at radius 1 is 1.25 bits per heavy atom. The van der Waals surface area contributed by atoms with Crippen molar-refractivity contribution in [3.8, 4) is 5.69 Å². The molecule has 0 atom stereocenters. The molecule has 0 aliphatic heterocycles. The van der Waals surface area contributed by atoms with Gasteiger partial charge in [0.25, 0.3) is 5.91 Å². The highest BCUT2D eigenvalue weighted by Crippen LogP contribution is 2.12. The van der Waals surface area contributed by atoms with Crippen LogP contribution in [0.25, 0.3) is 5.69 Å². The predicted molar refractivity (Wildman–Crippen MR) is 75.9 cm³/mol. The van der Waals surface area contributed by atoms with Crippen LogP contribution < -0.4 is 10.6 Å². The lowest BCUT2D eigenvalue weighted by atomic mass is 10.3. The third kappa shape index (κ3) is 3.23. The number of carbonyl (C=O) groups is 2. The largest absolute Gasteiger partial charge is 0.348 e. The number of hydrogen-bond donors (Lipinski definition) is 2. The molecule has 0 radical (unpaired) electrons. The lowest BCUT2D eigenvalue weighted by Gasteiger charge is -2.06. The first-order chi connectivity index (χ1) is 9.60. The zero-order valence-corrected chi connectivity index (χ0v) is 11.3. The summed E-state index contributed by atoms with van der Waals surface area (Å²) >= 11 is 0. The minimum Gasteiger partial charge on any atom is -0.348 e. The van der Waals surface area contributed by atoms with Crippen molar-refractivity contribution in [1.29, 1.82) is 0 Å². The third-order valence-electron chi connectivity index (χ3n) is 2.60. The summed E-state index contributed by atoms with van der Waals surface area (Å²) in [7, 11) is 0. The van der Waals surface area contributed by atoms with Crippen LogP contribution in [0.3, 0.4) is 0 Å². The molecule has 0 aliphatic rings. The summed E-state index contributed by atoms with van der Waals surface area (Å²) in [6.45, 7) is 3.79. The number of nitrogens with zero attached hydrogens (tertiary/aromatic N) is 2. The average Bonchev–Trinajstić information content (AvgIpc) is 2.89. The number of anilines is 1. The summed E-state index contributed by atoms with van der Waals surface area (Å²) in [5, 5.41) is 9.57. The van der Waals surface area contributed by atoms with Gasteiger partial charge in [0.1, 0.15) is 0 Å². The summed E-state index contributed by atoms with van der Waals surface area (Å²) in [4.78, 5) is 22.1. The van der Waals surface area contributed by atoms with E-state index in [4.69, 9.17) is 0 Å². The third-order valence-corrected chi connectivity index (χ3v) is 2.60. The van der Waals surface area contributed by atoms with Crippen molar-refractivity contribution in [2.45, 2.75) is 19.9 Å². The molecule has 0 fully saturated rings. The van der Waals surface area contributed by atoms with E-state index in [9.17, 15) is 9.59 Å². The van der Waals surface area contributed by atoms with Crippen molar-refractivity contribution in [2.75, 3.05) is 5.32 Å². The second kappa shape index (κ2) is 6.01. The van der Waals surface area contributed by atoms with Gasteiger partial charge >= 0.3 is 0 Å². The van der Waals surface area contributed by atoms with Gasteiger partial charge in [0.05, 0.1) is 5.69 Å². The Kier molecular flexibility index (Phi) is 4.14. The van der Waals surface area contributed by atoms with Crippen LogP contribution in [-0.4, -0.2) is 28.1 Å². The molecule has 6 nitrogen and oxygen atoms in total. The van der Waals surface area contributed by atoms with Crippen molar-refractivity contribution in [1.82, 2.24) is 15.1 Å². The van der Waals surface area contributed by atoms with Gasteiger partial charge in [-0.1, -0.05) is 0 Å². The molecule has 1 aromatic heterocycles. The molecule has 104 valence electrons. The lowest BCUT2D eigenvalue weighted by Crippen LogP contribution is -2.30. The summed E-state index contributed by atoms with van der Waals surface area (Å²) in [6.07, 6.45) is 2.34. The Hall–Kier alpha value is -2.63. The van der Waals surface area contributed by atoms with Crippen LogP contribution in [0.15, 0.2) is 36.5 Å². The first-order valence-corrected chi connectivity index (χ1v) is 6.27. The van der Waals surface area contributed by atoms with E-state index in [1.165, 1.54) is 0 Å². The molecule has 0 saturated carbocycles. The molecular formula is C14H16N4O2. The molecule has 20 heavy (non-hydrogen) atoms. The highest BCUT2D eigenvalue weighted by atomic mass is 16.2. The molecular weight excluding hydrogens is 256 g/mol. The number of rotatable bonds is 5. The normalized spacial score (nSPS) is 10.3. The number of carbonyl (C=O) groups excluding carboxylic acids is 2. The van der Waals surface area contributed by atoms with E-state index in [1.54, 1.807) is 29.1 Å². The number of hydrogen-bond acceptors (Lipinski definition) is 3. The molecule has 2 aromatic rings. The molecule has 2 amide bonds. The quantitative estimate of drug-likeness (QED) is 0.811. The Morgan fingerprint density at radius 2 is 1.95 bits per heavy atom. The molecule has 0 spiro atoms. The molecule has 0 bridgehead atoms. The first-order valence-electron chi connectivity index (χ1n) is 6.27. The summed E-state index contributed by atoms with van der Waals surface area (Å²) in [6, 6.07) is 8.88. The van der Waals surface area contributed by atoms with Gasteiger partial charge in [0.2, 0.25) is 6.41 Å². The number of benzene rings is 1. The van der Waals surface area contributed by atoms with Crippen molar-refractivity contribution in [2.24, 2.45) is 0 Å². The minimum atomic E-state index is -0.196. The summed E-state index contributed by atoms with van der Waals surface area (Å²) in [5.41, 5.74) is 1.88. The van der Waals surface area contributed by atoms with E-state index in [0.29, 0.717) is 17.8 Å². The number of nitrogens with one attached hydrogen (secondary N) is 2. The fourth-order valence-corrected chi connectivity index (χ4v) is 1.70. The Balaban J connectivity index is 2.15. The zero-order chi connectivity index (χ0) is 14.5. The van der Waals surface area contributed by atoms with E-state index < -0.39 is 0 Å². The van der Waals surface area contributed by atoms with Gasteiger partial charge in [0.15, 0.2) is 5.69 Å². The van der Waals surface area contributed by atoms with Gasteiger partial charge in [-0.25, -0.2) is 4.68 Å². The van der Waals surface area contributed by atoms with Crippen LogP contribution in [0.4, 0.5) is 5.69 Å². The summed E-state index contributed by atoms with van der Waals surface area (Å²) in [5.74, 6) is -0.196. The van der Waals surface area contributed by atoms with Crippen LogP contribution in [0.5, 0.6) is 0 Å². The number of aromatic nitrogens is 2. The minimum absolute atomic E-state index is 0.0707. The smallest absolute Gasteiger partial charge is 0.271 e. The van der Waals surface area contributed by atoms with Gasteiger partial charge in [-0.2, -0.15) is 5.10 Å². The maximum Gasteiger partial charge on any atom is 0.271 e. The highest BCUT2D eigenvalue weighted by molar-refractivity contribution is 5.92. The molecule has 2 N–H and O–H groups in total. The Bertz CT molecular complexity index is 602. The Labute approximate surface area is 116 Å². The fraction of sp³-hybridized carbons (Fsp3) is 0.214. The van der Waals surface area contributed by atoms with E-state index in [1.807, 2.05) is 26.0 Å². The second-order valence-electron chi connectivity index (χ2n) is 4.58. The van der Waals surface area contributed by atoms with E-state index in [2.05, 4.69) is 15.7 Å². The standard InChI is InChI=1S/C14H16N4O2/c1-10(2)16-14(20)13-7-8-18(17-13)12-5-3-11(4-6-12)15-9-19/h3-10H,1-2H3,(H,15,19)(H,16,20). The molecule has 1 aromatic carbocycles. The number of amides is 2. The molecule has 2 rings (SSSR count).